The van der Waals surface area contributed by atoms with Gasteiger partial charge in [-0.1, -0.05) is 42.5 Å². The topological polar surface area (TPSA) is 79.0 Å². The fraction of sp³-hybridized carbons (Fsp3) is 0.409. The molecule has 0 bridgehead atoms. The van der Waals surface area contributed by atoms with Crippen molar-refractivity contribution in [3.8, 4) is 0 Å². The summed E-state index contributed by atoms with van der Waals surface area (Å²) in [5.74, 6) is 0.116. The Bertz CT molecular complexity index is 950. The Kier molecular flexibility index (Phi) is 7.33. The number of benzene rings is 2. The molecule has 1 aliphatic rings. The van der Waals surface area contributed by atoms with Crippen molar-refractivity contribution >= 4 is 27.2 Å². The van der Waals surface area contributed by atoms with Gasteiger partial charge in [0, 0.05) is 33.3 Å². The molecule has 162 valence electrons. The lowest BCUT2D eigenvalue weighted by molar-refractivity contribution is 0.140. The van der Waals surface area contributed by atoms with Crippen LogP contribution in [0.5, 0.6) is 0 Å². The Morgan fingerprint density at radius 1 is 1.13 bits per heavy atom. The van der Waals surface area contributed by atoms with Crippen molar-refractivity contribution in [1.82, 2.24) is 4.90 Å². The van der Waals surface area contributed by atoms with Gasteiger partial charge in [0.2, 0.25) is 0 Å². The van der Waals surface area contributed by atoms with Crippen LogP contribution >= 0.6 is 0 Å². The highest BCUT2D eigenvalue weighted by Crippen LogP contribution is 2.27. The Balaban J connectivity index is 1.76. The predicted octanol–water partition coefficient (Wildman–Crippen LogP) is 2.99. The van der Waals surface area contributed by atoms with Crippen LogP contribution in [0, 0.1) is 0 Å². The van der Waals surface area contributed by atoms with Crippen LogP contribution in [0.1, 0.15) is 12.0 Å². The summed E-state index contributed by atoms with van der Waals surface area (Å²) in [7, 11) is 0.442. The normalized spacial score (nSPS) is 17.5. The number of amides is 2. The molecule has 0 aliphatic carbocycles. The fourth-order valence-corrected chi connectivity index (χ4v) is 5.43. The molecule has 0 saturated carbocycles. The van der Waals surface area contributed by atoms with Crippen molar-refractivity contribution in [3.63, 3.8) is 0 Å². The second-order valence-electron chi connectivity index (χ2n) is 7.53. The summed E-state index contributed by atoms with van der Waals surface area (Å²) in [5, 5.41) is 2.99. The fourth-order valence-electron chi connectivity index (χ4n) is 3.70. The molecule has 1 N–H and O–H groups in total. The van der Waals surface area contributed by atoms with Gasteiger partial charge in [0.25, 0.3) is 0 Å². The molecule has 2 aromatic rings. The number of rotatable bonds is 8. The highest BCUT2D eigenvalue weighted by Gasteiger charge is 2.34. The first-order valence-electron chi connectivity index (χ1n) is 10.0. The number of hydrogen-bond acceptors (Lipinski definition) is 5. The Labute approximate surface area is 178 Å². The van der Waals surface area contributed by atoms with Gasteiger partial charge in [-0.15, -0.1) is 0 Å². The van der Waals surface area contributed by atoms with E-state index >= 15 is 0 Å². The minimum Gasteiger partial charge on any atom is -0.383 e. The first kappa shape index (κ1) is 22.1. The Morgan fingerprint density at radius 2 is 1.83 bits per heavy atom. The zero-order chi connectivity index (χ0) is 21.6. The lowest BCUT2D eigenvalue weighted by Gasteiger charge is -2.29. The Hall–Kier alpha value is -2.58. The number of methoxy groups -OCH3 is 1. The second kappa shape index (κ2) is 9.95. The molecule has 1 saturated heterocycles. The van der Waals surface area contributed by atoms with E-state index in [2.05, 4.69) is 22.3 Å². The molecule has 2 amide bonds. The van der Waals surface area contributed by atoms with Crippen LogP contribution in [-0.2, 0) is 21.1 Å². The molecule has 7 nitrogen and oxygen atoms in total. The van der Waals surface area contributed by atoms with Gasteiger partial charge in [-0.05, 0) is 24.1 Å². The number of anilines is 2. The molecule has 0 radical (unpaired) electrons. The van der Waals surface area contributed by atoms with E-state index in [9.17, 15) is 13.2 Å². The molecule has 0 aromatic heterocycles. The molecule has 8 heteroatoms. The second-order valence-corrected chi connectivity index (χ2v) is 9.76. The minimum absolute atomic E-state index is 0.000306. The van der Waals surface area contributed by atoms with Crippen molar-refractivity contribution in [3.05, 3.63) is 60.2 Å². The SMILES string of the molecule is COCCN(C(=O)Nc1ccccc1N(C)Cc1ccccc1)[C@H]1CCS(=O)(=O)C1. The van der Waals surface area contributed by atoms with Crippen LogP contribution < -0.4 is 10.2 Å². The zero-order valence-electron chi connectivity index (χ0n) is 17.5. The number of sulfone groups is 1. The molecule has 1 aliphatic heterocycles. The number of carbonyl (C=O) groups is 1. The van der Waals surface area contributed by atoms with Crippen LogP contribution in [0.2, 0.25) is 0 Å². The van der Waals surface area contributed by atoms with Gasteiger partial charge in [-0.2, -0.15) is 0 Å². The van der Waals surface area contributed by atoms with E-state index in [0.717, 1.165) is 5.69 Å². The molecule has 30 heavy (non-hydrogen) atoms. The zero-order valence-corrected chi connectivity index (χ0v) is 18.3. The summed E-state index contributed by atoms with van der Waals surface area (Å²) in [5.41, 5.74) is 2.74. The summed E-state index contributed by atoms with van der Waals surface area (Å²) in [6.07, 6.45) is 0.453. The molecule has 1 atom stereocenters. The molecule has 0 unspecified atom stereocenters. The van der Waals surface area contributed by atoms with Gasteiger partial charge < -0.3 is 19.9 Å². The molecule has 2 aromatic carbocycles. The van der Waals surface area contributed by atoms with Crippen molar-refractivity contribution in [2.24, 2.45) is 0 Å². The lowest BCUT2D eigenvalue weighted by Crippen LogP contribution is -2.45. The van der Waals surface area contributed by atoms with Crippen molar-refractivity contribution in [2.45, 2.75) is 19.0 Å². The number of urea groups is 1. The molecule has 0 spiro atoms. The number of nitrogens with one attached hydrogen (secondary N) is 1. The maximum absolute atomic E-state index is 13.1. The number of carbonyl (C=O) groups excluding carboxylic acids is 1. The van der Waals surface area contributed by atoms with Crippen LogP contribution in [0.3, 0.4) is 0 Å². The third-order valence-electron chi connectivity index (χ3n) is 5.27. The summed E-state index contributed by atoms with van der Waals surface area (Å²) in [6, 6.07) is 17.1. The first-order chi connectivity index (χ1) is 14.4. The maximum Gasteiger partial charge on any atom is 0.322 e. The summed E-state index contributed by atoms with van der Waals surface area (Å²) in [6.45, 7) is 1.38. The monoisotopic (exact) mass is 431 g/mol. The molecule has 3 rings (SSSR count). The van der Waals surface area contributed by atoms with Crippen LogP contribution in [0.15, 0.2) is 54.6 Å². The van der Waals surface area contributed by atoms with E-state index in [0.29, 0.717) is 31.8 Å². The average Bonchev–Trinajstić information content (AvgIpc) is 3.09. The smallest absolute Gasteiger partial charge is 0.322 e. The third-order valence-corrected chi connectivity index (χ3v) is 7.02. The van der Waals surface area contributed by atoms with Crippen molar-refractivity contribution in [2.75, 3.05) is 49.0 Å². The molecular weight excluding hydrogens is 402 g/mol. The van der Waals surface area contributed by atoms with E-state index in [4.69, 9.17) is 4.74 Å². The first-order valence-corrected chi connectivity index (χ1v) is 11.8. The number of para-hydroxylation sites is 2. The van der Waals surface area contributed by atoms with E-state index in [1.54, 1.807) is 12.0 Å². The summed E-state index contributed by atoms with van der Waals surface area (Å²) >= 11 is 0. The van der Waals surface area contributed by atoms with Gasteiger partial charge in [-0.3, -0.25) is 0 Å². The van der Waals surface area contributed by atoms with E-state index in [1.807, 2.05) is 49.5 Å². The molecule has 1 heterocycles. The molecular formula is C22H29N3O4S. The minimum atomic E-state index is -3.10. The van der Waals surface area contributed by atoms with Gasteiger partial charge in [0.05, 0.1) is 29.5 Å². The average molecular weight is 432 g/mol. The van der Waals surface area contributed by atoms with E-state index in [-0.39, 0.29) is 23.6 Å². The number of hydrogen-bond donors (Lipinski definition) is 1. The van der Waals surface area contributed by atoms with Crippen LogP contribution in [0.4, 0.5) is 16.2 Å². The summed E-state index contributed by atoms with van der Waals surface area (Å²) in [4.78, 5) is 16.8. The Morgan fingerprint density at radius 3 is 2.50 bits per heavy atom. The van der Waals surface area contributed by atoms with Gasteiger partial charge in [0.1, 0.15) is 0 Å². The summed E-state index contributed by atoms with van der Waals surface area (Å²) < 4.78 is 29.0. The maximum atomic E-state index is 13.1. The van der Waals surface area contributed by atoms with Gasteiger partial charge in [0.15, 0.2) is 9.84 Å². The third kappa shape index (κ3) is 5.73. The van der Waals surface area contributed by atoms with E-state index < -0.39 is 9.84 Å². The van der Waals surface area contributed by atoms with E-state index in [1.165, 1.54) is 5.56 Å². The van der Waals surface area contributed by atoms with Gasteiger partial charge in [-0.25, -0.2) is 13.2 Å². The lowest BCUT2D eigenvalue weighted by atomic mass is 10.2. The number of ether oxygens (including phenoxy) is 1. The van der Waals surface area contributed by atoms with Crippen LogP contribution in [0.25, 0.3) is 0 Å². The van der Waals surface area contributed by atoms with Crippen LogP contribution in [-0.4, -0.2) is 64.2 Å². The molecule has 1 fully saturated rings. The number of nitrogens with zero attached hydrogens (tertiary/aromatic N) is 2. The van der Waals surface area contributed by atoms with Crippen molar-refractivity contribution < 1.29 is 17.9 Å². The predicted molar refractivity (Wildman–Crippen MR) is 120 cm³/mol. The quantitative estimate of drug-likeness (QED) is 0.695. The van der Waals surface area contributed by atoms with Crippen molar-refractivity contribution in [1.29, 1.82) is 0 Å². The standard InChI is InChI=1S/C22H29N3O4S/c1-24(16-18-8-4-3-5-9-18)21-11-7-6-10-20(21)23-22(26)25(13-14-29-2)19-12-15-30(27,28)17-19/h3-11,19H,12-17H2,1-2H3,(H,23,26)/t19-/m0/s1. The highest BCUT2D eigenvalue weighted by molar-refractivity contribution is 7.91. The van der Waals surface area contributed by atoms with Gasteiger partial charge >= 0.3 is 6.03 Å². The largest absolute Gasteiger partial charge is 0.383 e. The highest BCUT2D eigenvalue weighted by atomic mass is 32.2.